The molecule has 0 aliphatic rings. The molecule has 1 nitrogen and oxygen atoms in total. The van der Waals surface area contributed by atoms with Gasteiger partial charge in [-0.2, -0.15) is 0 Å². The Bertz CT molecular complexity index is 131. The van der Waals surface area contributed by atoms with E-state index in [0.29, 0.717) is 6.04 Å². The van der Waals surface area contributed by atoms with Gasteiger partial charge in [-0.05, 0) is 24.7 Å². The lowest BCUT2D eigenvalue weighted by Crippen LogP contribution is -2.29. The predicted octanol–water partition coefficient (Wildman–Crippen LogP) is 4.36. The lowest BCUT2D eigenvalue weighted by molar-refractivity contribution is 0.342. The number of rotatable bonds is 9. The number of hydrogen-bond acceptors (Lipinski definition) is 1. The van der Waals surface area contributed by atoms with Crippen LogP contribution in [0.4, 0.5) is 0 Å². The van der Waals surface area contributed by atoms with Crippen LogP contribution in [0.3, 0.4) is 0 Å². The van der Waals surface area contributed by atoms with Crippen molar-refractivity contribution < 1.29 is 0 Å². The number of hydrogen-bond donors (Lipinski definition) is 1. The van der Waals surface area contributed by atoms with E-state index >= 15 is 0 Å². The summed E-state index contributed by atoms with van der Waals surface area (Å²) in [6.07, 6.45) is 9.09. The molecular weight excluding hydrogens is 182 g/mol. The van der Waals surface area contributed by atoms with Crippen molar-refractivity contribution in [3.05, 3.63) is 0 Å². The molecular formula is C14H31N. The van der Waals surface area contributed by atoms with E-state index in [1.54, 1.807) is 0 Å². The van der Waals surface area contributed by atoms with Crippen molar-refractivity contribution in [2.75, 3.05) is 0 Å². The monoisotopic (exact) mass is 213 g/mol. The van der Waals surface area contributed by atoms with Crippen molar-refractivity contribution >= 4 is 0 Å². The maximum Gasteiger partial charge on any atom is 0.00670 e. The van der Waals surface area contributed by atoms with Gasteiger partial charge in [0.1, 0.15) is 0 Å². The summed E-state index contributed by atoms with van der Waals surface area (Å²) in [4.78, 5) is 0. The van der Waals surface area contributed by atoms with Crippen LogP contribution in [0.15, 0.2) is 0 Å². The van der Waals surface area contributed by atoms with Crippen LogP contribution in [0.2, 0.25) is 0 Å². The fraction of sp³-hybridized carbons (Fsp3) is 1.00. The first-order chi connectivity index (χ1) is 7.11. The summed E-state index contributed by atoms with van der Waals surface area (Å²) in [5.41, 5.74) is 6.26. The van der Waals surface area contributed by atoms with Crippen LogP contribution in [0, 0.1) is 11.8 Å². The van der Waals surface area contributed by atoms with E-state index in [2.05, 4.69) is 27.7 Å². The number of unbranched alkanes of at least 4 members (excludes halogenated alkanes) is 1. The zero-order valence-electron chi connectivity index (χ0n) is 11.3. The average Bonchev–Trinajstić information content (AvgIpc) is 2.18. The van der Waals surface area contributed by atoms with E-state index in [-0.39, 0.29) is 0 Å². The van der Waals surface area contributed by atoms with Gasteiger partial charge < -0.3 is 5.73 Å². The third-order valence-electron chi connectivity index (χ3n) is 3.38. The second-order valence-electron chi connectivity index (χ2n) is 5.30. The molecule has 0 aromatic carbocycles. The Morgan fingerprint density at radius 1 is 0.933 bits per heavy atom. The Labute approximate surface area is 96.8 Å². The van der Waals surface area contributed by atoms with Crippen LogP contribution in [0.1, 0.15) is 72.6 Å². The zero-order chi connectivity index (χ0) is 11.7. The van der Waals surface area contributed by atoms with E-state index < -0.39 is 0 Å². The fourth-order valence-electron chi connectivity index (χ4n) is 2.18. The predicted molar refractivity (Wildman–Crippen MR) is 70.0 cm³/mol. The minimum atomic E-state index is 0.445. The summed E-state index contributed by atoms with van der Waals surface area (Å²) in [7, 11) is 0. The van der Waals surface area contributed by atoms with Gasteiger partial charge >= 0.3 is 0 Å². The molecule has 0 heterocycles. The molecule has 2 unspecified atom stereocenters. The molecule has 0 bridgehead atoms. The second-order valence-corrected chi connectivity index (χ2v) is 5.30. The van der Waals surface area contributed by atoms with E-state index in [4.69, 9.17) is 5.73 Å². The third-order valence-corrected chi connectivity index (χ3v) is 3.38. The van der Waals surface area contributed by atoms with Crippen molar-refractivity contribution in [2.24, 2.45) is 17.6 Å². The van der Waals surface area contributed by atoms with Gasteiger partial charge in [-0.3, -0.25) is 0 Å². The van der Waals surface area contributed by atoms with E-state index in [0.717, 1.165) is 11.8 Å². The van der Waals surface area contributed by atoms with Gasteiger partial charge in [0.15, 0.2) is 0 Å². The molecule has 0 aliphatic carbocycles. The summed E-state index contributed by atoms with van der Waals surface area (Å²) in [6, 6.07) is 0.445. The van der Waals surface area contributed by atoms with Gasteiger partial charge in [-0.15, -0.1) is 0 Å². The Morgan fingerprint density at radius 2 is 1.60 bits per heavy atom. The highest BCUT2D eigenvalue weighted by Crippen LogP contribution is 2.20. The van der Waals surface area contributed by atoms with Crippen LogP contribution in [0.25, 0.3) is 0 Å². The highest BCUT2D eigenvalue weighted by Gasteiger charge is 2.14. The standard InChI is InChI=1S/C14H31N/c1-5-7-10-13(6-2)14(15)11-8-9-12(3)4/h12-14H,5-11,15H2,1-4H3. The molecule has 0 radical (unpaired) electrons. The molecule has 2 atom stereocenters. The maximum absolute atomic E-state index is 6.26. The van der Waals surface area contributed by atoms with Gasteiger partial charge in [-0.1, -0.05) is 59.8 Å². The Morgan fingerprint density at radius 3 is 2.07 bits per heavy atom. The van der Waals surface area contributed by atoms with Crippen LogP contribution in [0.5, 0.6) is 0 Å². The van der Waals surface area contributed by atoms with Gasteiger partial charge in [0.05, 0.1) is 0 Å². The first-order valence-electron chi connectivity index (χ1n) is 6.87. The quantitative estimate of drug-likeness (QED) is 0.605. The lowest BCUT2D eigenvalue weighted by atomic mass is 9.88. The van der Waals surface area contributed by atoms with Crippen molar-refractivity contribution in [1.82, 2.24) is 0 Å². The van der Waals surface area contributed by atoms with Crippen LogP contribution >= 0.6 is 0 Å². The molecule has 0 saturated carbocycles. The van der Waals surface area contributed by atoms with Crippen molar-refractivity contribution in [1.29, 1.82) is 0 Å². The molecule has 0 rings (SSSR count). The van der Waals surface area contributed by atoms with Gasteiger partial charge in [0.25, 0.3) is 0 Å². The van der Waals surface area contributed by atoms with Crippen molar-refractivity contribution in [3.63, 3.8) is 0 Å². The molecule has 15 heavy (non-hydrogen) atoms. The van der Waals surface area contributed by atoms with E-state index in [1.165, 1.54) is 44.9 Å². The second kappa shape index (κ2) is 9.21. The Balaban J connectivity index is 3.67. The third kappa shape index (κ3) is 7.84. The van der Waals surface area contributed by atoms with Gasteiger partial charge in [0, 0.05) is 6.04 Å². The average molecular weight is 213 g/mol. The molecule has 0 amide bonds. The fourth-order valence-corrected chi connectivity index (χ4v) is 2.18. The first kappa shape index (κ1) is 15.0. The SMILES string of the molecule is CCCCC(CC)C(N)CCCC(C)C. The van der Waals surface area contributed by atoms with Crippen molar-refractivity contribution in [3.8, 4) is 0 Å². The summed E-state index contributed by atoms with van der Waals surface area (Å²) in [5, 5.41) is 0. The molecule has 1 heteroatoms. The summed E-state index contributed by atoms with van der Waals surface area (Å²) in [6.45, 7) is 9.12. The molecule has 0 aromatic heterocycles. The summed E-state index contributed by atoms with van der Waals surface area (Å²) >= 11 is 0. The molecule has 0 spiro atoms. The molecule has 92 valence electrons. The van der Waals surface area contributed by atoms with E-state index in [9.17, 15) is 0 Å². The minimum Gasteiger partial charge on any atom is -0.327 e. The highest BCUT2D eigenvalue weighted by atomic mass is 14.6. The van der Waals surface area contributed by atoms with Crippen molar-refractivity contribution in [2.45, 2.75) is 78.7 Å². The normalized spacial score (nSPS) is 15.6. The minimum absolute atomic E-state index is 0.445. The first-order valence-corrected chi connectivity index (χ1v) is 6.87. The summed E-state index contributed by atoms with van der Waals surface area (Å²) < 4.78 is 0. The van der Waals surface area contributed by atoms with Crippen LogP contribution in [-0.4, -0.2) is 6.04 Å². The summed E-state index contributed by atoms with van der Waals surface area (Å²) in [5.74, 6) is 1.59. The smallest absolute Gasteiger partial charge is 0.00670 e. The van der Waals surface area contributed by atoms with Crippen LogP contribution in [-0.2, 0) is 0 Å². The molecule has 0 saturated heterocycles. The Kier molecular flexibility index (Phi) is 9.18. The molecule has 2 N–H and O–H groups in total. The van der Waals surface area contributed by atoms with Gasteiger partial charge in [0.2, 0.25) is 0 Å². The largest absolute Gasteiger partial charge is 0.327 e. The lowest BCUT2D eigenvalue weighted by Gasteiger charge is -2.22. The van der Waals surface area contributed by atoms with Gasteiger partial charge in [-0.25, -0.2) is 0 Å². The highest BCUT2D eigenvalue weighted by molar-refractivity contribution is 4.72. The van der Waals surface area contributed by atoms with Crippen LogP contribution < -0.4 is 5.73 Å². The molecule has 0 fully saturated rings. The molecule has 0 aliphatic heterocycles. The van der Waals surface area contributed by atoms with E-state index in [1.807, 2.05) is 0 Å². The maximum atomic E-state index is 6.26. The Hall–Kier alpha value is -0.0400. The zero-order valence-corrected chi connectivity index (χ0v) is 11.3. The number of nitrogens with two attached hydrogens (primary N) is 1. The molecule has 0 aromatic rings. The topological polar surface area (TPSA) is 26.0 Å².